The van der Waals surface area contributed by atoms with Gasteiger partial charge in [-0.25, -0.2) is 0 Å². The highest BCUT2D eigenvalue weighted by Crippen LogP contribution is 2.21. The van der Waals surface area contributed by atoms with Crippen molar-refractivity contribution in [2.75, 3.05) is 6.54 Å². The summed E-state index contributed by atoms with van der Waals surface area (Å²) in [6, 6.07) is 6.07. The number of halogens is 1. The Morgan fingerprint density at radius 2 is 1.95 bits per heavy atom. The molecule has 0 atom stereocenters. The second-order valence-corrected chi connectivity index (χ2v) is 6.04. The lowest BCUT2D eigenvalue weighted by atomic mass is 10.1. The van der Waals surface area contributed by atoms with Gasteiger partial charge in [0.15, 0.2) is 0 Å². The second kappa shape index (κ2) is 6.92. The number of nitrogens with zero attached hydrogens (tertiary/aromatic N) is 1. The Hall–Kier alpha value is -1.06. The lowest BCUT2D eigenvalue weighted by Crippen LogP contribution is -2.33. The van der Waals surface area contributed by atoms with Crippen LogP contribution in [0.3, 0.4) is 0 Å². The van der Waals surface area contributed by atoms with Gasteiger partial charge in [-0.05, 0) is 31.4 Å². The Labute approximate surface area is 121 Å². The maximum absolute atomic E-state index is 7.41. The molecule has 1 aromatic carbocycles. The normalized spacial score (nSPS) is 11.6. The third kappa shape index (κ3) is 4.84. The molecular formula is C15H24ClN3. The van der Waals surface area contributed by atoms with E-state index in [0.717, 1.165) is 18.7 Å². The van der Waals surface area contributed by atoms with E-state index in [1.54, 1.807) is 6.07 Å². The molecule has 3 N–H and O–H groups in total. The van der Waals surface area contributed by atoms with Gasteiger partial charge in [0.1, 0.15) is 5.84 Å². The van der Waals surface area contributed by atoms with Crippen LogP contribution in [0.15, 0.2) is 18.2 Å². The maximum Gasteiger partial charge on any atom is 0.122 e. The molecule has 0 saturated heterocycles. The molecule has 0 unspecified atom stereocenters. The molecule has 106 valence electrons. The first-order valence-corrected chi connectivity index (χ1v) is 7.06. The van der Waals surface area contributed by atoms with Crippen molar-refractivity contribution in [1.82, 2.24) is 4.90 Å². The minimum atomic E-state index is 0.0522. The fraction of sp³-hybridized carbons (Fsp3) is 0.533. The van der Waals surface area contributed by atoms with Gasteiger partial charge in [0, 0.05) is 29.7 Å². The molecule has 0 spiro atoms. The number of amidine groups is 1. The molecular weight excluding hydrogens is 258 g/mol. The lowest BCUT2D eigenvalue weighted by Gasteiger charge is -2.28. The van der Waals surface area contributed by atoms with Gasteiger partial charge in [-0.15, -0.1) is 0 Å². The third-order valence-electron chi connectivity index (χ3n) is 3.07. The van der Waals surface area contributed by atoms with E-state index in [1.165, 1.54) is 0 Å². The van der Waals surface area contributed by atoms with Crippen molar-refractivity contribution in [3.8, 4) is 0 Å². The van der Waals surface area contributed by atoms with E-state index in [-0.39, 0.29) is 5.84 Å². The van der Waals surface area contributed by atoms with Crippen LogP contribution in [-0.4, -0.2) is 23.3 Å². The van der Waals surface area contributed by atoms with Crippen LogP contribution < -0.4 is 5.73 Å². The summed E-state index contributed by atoms with van der Waals surface area (Å²) in [6.07, 6.45) is 0. The zero-order chi connectivity index (χ0) is 14.6. The highest BCUT2D eigenvalue weighted by molar-refractivity contribution is 6.31. The van der Waals surface area contributed by atoms with Gasteiger partial charge in [-0.2, -0.15) is 0 Å². The third-order valence-corrected chi connectivity index (χ3v) is 3.42. The summed E-state index contributed by atoms with van der Waals surface area (Å²) in [7, 11) is 0. The predicted molar refractivity (Wildman–Crippen MR) is 82.9 cm³/mol. The fourth-order valence-corrected chi connectivity index (χ4v) is 2.23. The SMILES string of the molecule is CC(C)CN(Cc1ccc(C(=N)N)cc1Cl)C(C)C. The summed E-state index contributed by atoms with van der Waals surface area (Å²) >= 11 is 6.28. The molecule has 0 heterocycles. The van der Waals surface area contributed by atoms with E-state index in [9.17, 15) is 0 Å². The summed E-state index contributed by atoms with van der Waals surface area (Å²) in [5.74, 6) is 0.675. The van der Waals surface area contributed by atoms with Crippen LogP contribution in [0.4, 0.5) is 0 Å². The van der Waals surface area contributed by atoms with Crippen molar-refractivity contribution in [1.29, 1.82) is 5.41 Å². The van der Waals surface area contributed by atoms with Crippen LogP contribution >= 0.6 is 11.6 Å². The lowest BCUT2D eigenvalue weighted by molar-refractivity contribution is 0.189. The molecule has 0 saturated carbocycles. The van der Waals surface area contributed by atoms with Gasteiger partial charge in [0.05, 0.1) is 0 Å². The van der Waals surface area contributed by atoms with Gasteiger partial charge >= 0.3 is 0 Å². The molecule has 0 radical (unpaired) electrons. The largest absolute Gasteiger partial charge is 0.384 e. The van der Waals surface area contributed by atoms with Crippen molar-refractivity contribution in [3.05, 3.63) is 34.3 Å². The van der Waals surface area contributed by atoms with Crippen LogP contribution in [0.2, 0.25) is 5.02 Å². The summed E-state index contributed by atoms with van der Waals surface area (Å²) in [4.78, 5) is 2.40. The fourth-order valence-electron chi connectivity index (χ4n) is 1.99. The van der Waals surface area contributed by atoms with E-state index in [4.69, 9.17) is 22.7 Å². The number of nitrogen functional groups attached to an aromatic ring is 1. The minimum Gasteiger partial charge on any atom is -0.384 e. The summed E-state index contributed by atoms with van der Waals surface area (Å²) in [5, 5.41) is 8.10. The topological polar surface area (TPSA) is 53.1 Å². The molecule has 0 fully saturated rings. The van der Waals surface area contributed by atoms with E-state index < -0.39 is 0 Å². The molecule has 0 amide bonds. The summed E-state index contributed by atoms with van der Waals surface area (Å²) in [5.41, 5.74) is 7.22. The van der Waals surface area contributed by atoms with Crippen molar-refractivity contribution >= 4 is 17.4 Å². The number of hydrogen-bond donors (Lipinski definition) is 2. The van der Waals surface area contributed by atoms with Crippen LogP contribution in [0.1, 0.15) is 38.8 Å². The number of rotatable bonds is 6. The number of benzene rings is 1. The zero-order valence-electron chi connectivity index (χ0n) is 12.2. The standard InChI is InChI=1S/C15H24ClN3/c1-10(2)8-19(11(3)4)9-13-6-5-12(15(17)18)7-14(13)16/h5-7,10-11H,8-9H2,1-4H3,(H3,17,18). The first-order chi connectivity index (χ1) is 8.81. The Kier molecular flexibility index (Phi) is 5.83. The van der Waals surface area contributed by atoms with Crippen molar-refractivity contribution < 1.29 is 0 Å². The van der Waals surface area contributed by atoms with Crippen molar-refractivity contribution in [3.63, 3.8) is 0 Å². The molecule has 0 aromatic heterocycles. The molecule has 0 aliphatic heterocycles. The highest BCUT2D eigenvalue weighted by atomic mass is 35.5. The number of nitrogens with two attached hydrogens (primary N) is 1. The molecule has 0 bridgehead atoms. The Morgan fingerprint density at radius 1 is 1.32 bits per heavy atom. The first-order valence-electron chi connectivity index (χ1n) is 6.68. The monoisotopic (exact) mass is 281 g/mol. The van der Waals surface area contributed by atoms with Crippen LogP contribution in [0.5, 0.6) is 0 Å². The van der Waals surface area contributed by atoms with E-state index in [1.807, 2.05) is 12.1 Å². The van der Waals surface area contributed by atoms with Gasteiger partial charge in [-0.3, -0.25) is 10.3 Å². The van der Waals surface area contributed by atoms with Gasteiger partial charge < -0.3 is 5.73 Å². The molecule has 4 heteroatoms. The first kappa shape index (κ1) is 16.0. The van der Waals surface area contributed by atoms with Gasteiger partial charge in [0.25, 0.3) is 0 Å². The Morgan fingerprint density at radius 3 is 2.37 bits per heavy atom. The highest BCUT2D eigenvalue weighted by Gasteiger charge is 2.14. The molecule has 0 aliphatic carbocycles. The minimum absolute atomic E-state index is 0.0522. The molecule has 0 aliphatic rings. The van der Waals surface area contributed by atoms with Crippen LogP contribution in [0.25, 0.3) is 0 Å². The second-order valence-electron chi connectivity index (χ2n) is 5.64. The Bertz CT molecular complexity index is 441. The summed E-state index contributed by atoms with van der Waals surface area (Å²) in [6.45, 7) is 10.7. The van der Waals surface area contributed by atoms with E-state index in [2.05, 4.69) is 32.6 Å². The quantitative estimate of drug-likeness (QED) is 0.619. The van der Waals surface area contributed by atoms with Crippen molar-refractivity contribution in [2.24, 2.45) is 11.7 Å². The van der Waals surface area contributed by atoms with E-state index in [0.29, 0.717) is 22.5 Å². The van der Waals surface area contributed by atoms with Crippen molar-refractivity contribution in [2.45, 2.75) is 40.3 Å². The average Bonchev–Trinajstić information content (AvgIpc) is 2.29. The maximum atomic E-state index is 7.41. The molecule has 3 nitrogen and oxygen atoms in total. The average molecular weight is 282 g/mol. The molecule has 1 aromatic rings. The van der Waals surface area contributed by atoms with Crippen LogP contribution in [-0.2, 0) is 6.54 Å². The number of hydrogen-bond acceptors (Lipinski definition) is 2. The molecule has 19 heavy (non-hydrogen) atoms. The van der Waals surface area contributed by atoms with Gasteiger partial charge in [0.2, 0.25) is 0 Å². The Balaban J connectivity index is 2.88. The van der Waals surface area contributed by atoms with Crippen LogP contribution in [0, 0.1) is 11.3 Å². The number of nitrogens with one attached hydrogen (secondary N) is 1. The predicted octanol–water partition coefficient (Wildman–Crippen LogP) is 3.49. The zero-order valence-corrected chi connectivity index (χ0v) is 13.0. The van der Waals surface area contributed by atoms with Gasteiger partial charge in [-0.1, -0.05) is 37.6 Å². The van der Waals surface area contributed by atoms with E-state index >= 15 is 0 Å². The molecule has 1 rings (SSSR count). The smallest absolute Gasteiger partial charge is 0.122 e. The summed E-state index contributed by atoms with van der Waals surface area (Å²) < 4.78 is 0.